The van der Waals surface area contributed by atoms with Gasteiger partial charge in [-0.2, -0.15) is 0 Å². The van der Waals surface area contributed by atoms with Gasteiger partial charge in [0.1, 0.15) is 10.7 Å². The Bertz CT molecular complexity index is 793. The van der Waals surface area contributed by atoms with Gasteiger partial charge in [-0.3, -0.25) is 4.72 Å². The molecule has 5 nitrogen and oxygen atoms in total. The zero-order chi connectivity index (χ0) is 16.4. The fourth-order valence-corrected chi connectivity index (χ4v) is 4.40. The highest BCUT2D eigenvalue weighted by Gasteiger charge is 2.30. The molecule has 24 heavy (non-hydrogen) atoms. The Morgan fingerprint density at radius 2 is 2.25 bits per heavy atom. The lowest BCUT2D eigenvalue weighted by atomic mass is 9.87. The number of hydrogen-bond acceptors (Lipinski definition) is 6. The number of aromatic amines is 1. The topological polar surface area (TPSA) is 65.6 Å². The number of pyridine rings is 1. The first kappa shape index (κ1) is 15.9. The highest BCUT2D eigenvalue weighted by atomic mass is 32.2. The summed E-state index contributed by atoms with van der Waals surface area (Å²) in [5.74, 6) is 1.18. The summed E-state index contributed by atoms with van der Waals surface area (Å²) in [5, 5.41) is 7.90. The summed E-state index contributed by atoms with van der Waals surface area (Å²) in [6.45, 7) is 2.21. The van der Waals surface area contributed by atoms with E-state index in [2.05, 4.69) is 38.0 Å². The number of fused-ring (bicyclic) bond motifs is 1. The molecule has 0 atom stereocenters. The zero-order valence-corrected chi connectivity index (χ0v) is 15.2. The SMILES string of the molecule is CCCSN[C@H]1C[C@@H](Nc2c(-c3nccs3)cnc3[nH]ccc23)C1. The molecule has 0 spiro atoms. The molecular weight excluding hydrogens is 338 g/mol. The van der Waals surface area contributed by atoms with Crippen molar-refractivity contribution in [3.63, 3.8) is 0 Å². The average molecular weight is 360 g/mol. The van der Waals surface area contributed by atoms with Crippen LogP contribution in [0.2, 0.25) is 0 Å². The zero-order valence-electron chi connectivity index (χ0n) is 13.6. The summed E-state index contributed by atoms with van der Waals surface area (Å²) in [6.07, 6.45) is 9.24. The molecule has 3 heterocycles. The maximum Gasteiger partial charge on any atom is 0.139 e. The number of H-pyrrole nitrogens is 1. The molecule has 1 saturated carbocycles. The van der Waals surface area contributed by atoms with Gasteiger partial charge >= 0.3 is 0 Å². The summed E-state index contributed by atoms with van der Waals surface area (Å²) < 4.78 is 3.56. The second-order valence-electron chi connectivity index (χ2n) is 6.10. The minimum Gasteiger partial charge on any atom is -0.381 e. The largest absolute Gasteiger partial charge is 0.381 e. The van der Waals surface area contributed by atoms with Crippen molar-refractivity contribution < 1.29 is 0 Å². The van der Waals surface area contributed by atoms with Gasteiger partial charge in [0.25, 0.3) is 0 Å². The van der Waals surface area contributed by atoms with Crippen LogP contribution in [0.3, 0.4) is 0 Å². The van der Waals surface area contributed by atoms with Gasteiger partial charge in [-0.15, -0.1) is 11.3 Å². The molecule has 0 unspecified atom stereocenters. The molecule has 3 aromatic heterocycles. The maximum absolute atomic E-state index is 4.53. The lowest BCUT2D eigenvalue weighted by Gasteiger charge is -2.37. The van der Waals surface area contributed by atoms with E-state index in [0.29, 0.717) is 12.1 Å². The van der Waals surface area contributed by atoms with Gasteiger partial charge in [-0.25, -0.2) is 9.97 Å². The van der Waals surface area contributed by atoms with Crippen LogP contribution in [0.5, 0.6) is 0 Å². The molecule has 7 heteroatoms. The van der Waals surface area contributed by atoms with Crippen LogP contribution in [0.4, 0.5) is 5.69 Å². The first-order valence-corrected chi connectivity index (χ1v) is 10.2. The van der Waals surface area contributed by atoms with Gasteiger partial charge in [0.15, 0.2) is 0 Å². The van der Waals surface area contributed by atoms with Gasteiger partial charge < -0.3 is 10.3 Å². The summed E-state index contributed by atoms with van der Waals surface area (Å²) >= 11 is 3.50. The van der Waals surface area contributed by atoms with Crippen molar-refractivity contribution in [2.75, 3.05) is 11.1 Å². The lowest BCUT2D eigenvalue weighted by molar-refractivity contribution is 0.355. The van der Waals surface area contributed by atoms with Crippen LogP contribution in [-0.2, 0) is 0 Å². The van der Waals surface area contributed by atoms with E-state index in [1.165, 1.54) is 12.2 Å². The molecule has 3 aromatic rings. The highest BCUT2D eigenvalue weighted by molar-refractivity contribution is 7.97. The fraction of sp³-hybridized carbons (Fsp3) is 0.412. The Morgan fingerprint density at radius 1 is 1.33 bits per heavy atom. The van der Waals surface area contributed by atoms with Crippen LogP contribution in [-0.4, -0.2) is 32.8 Å². The Labute approximate surface area is 149 Å². The summed E-state index contributed by atoms with van der Waals surface area (Å²) in [6, 6.07) is 3.21. The third-order valence-electron chi connectivity index (χ3n) is 4.29. The predicted molar refractivity (Wildman–Crippen MR) is 104 cm³/mol. The summed E-state index contributed by atoms with van der Waals surface area (Å²) in [4.78, 5) is 12.2. The molecular formula is C17H21N5S2. The minimum atomic E-state index is 0.504. The predicted octanol–water partition coefficient (Wildman–Crippen LogP) is 4.28. The van der Waals surface area contributed by atoms with E-state index in [9.17, 15) is 0 Å². The van der Waals surface area contributed by atoms with Crippen molar-refractivity contribution in [2.45, 2.75) is 38.3 Å². The maximum atomic E-state index is 4.53. The first-order chi connectivity index (χ1) is 11.8. The third kappa shape index (κ3) is 3.16. The van der Waals surface area contributed by atoms with Crippen LogP contribution in [0.25, 0.3) is 21.6 Å². The van der Waals surface area contributed by atoms with E-state index < -0.39 is 0 Å². The quantitative estimate of drug-likeness (QED) is 0.434. The number of nitrogens with zero attached hydrogens (tertiary/aromatic N) is 2. The Morgan fingerprint density at radius 3 is 3.04 bits per heavy atom. The normalized spacial score (nSPS) is 20.2. The van der Waals surface area contributed by atoms with Gasteiger partial charge in [-0.05, 0) is 25.3 Å². The van der Waals surface area contributed by atoms with Crippen LogP contribution in [0.1, 0.15) is 26.2 Å². The molecule has 0 aliphatic heterocycles. The van der Waals surface area contributed by atoms with Crippen molar-refractivity contribution in [1.29, 1.82) is 0 Å². The first-order valence-electron chi connectivity index (χ1n) is 8.35. The van der Waals surface area contributed by atoms with Crippen LogP contribution in [0, 0.1) is 0 Å². The van der Waals surface area contributed by atoms with Gasteiger partial charge in [0.05, 0.1) is 11.3 Å². The Balaban J connectivity index is 1.51. The van der Waals surface area contributed by atoms with E-state index in [1.54, 1.807) is 11.3 Å². The van der Waals surface area contributed by atoms with Crippen molar-refractivity contribution in [3.8, 4) is 10.6 Å². The monoisotopic (exact) mass is 359 g/mol. The molecule has 0 amide bonds. The van der Waals surface area contributed by atoms with E-state index in [-0.39, 0.29) is 0 Å². The molecule has 0 aromatic carbocycles. The molecule has 0 saturated heterocycles. The van der Waals surface area contributed by atoms with Gasteiger partial charge in [0, 0.05) is 47.2 Å². The van der Waals surface area contributed by atoms with E-state index in [4.69, 9.17) is 0 Å². The molecule has 4 rings (SSSR count). The average Bonchev–Trinajstić information content (AvgIpc) is 3.23. The van der Waals surface area contributed by atoms with Crippen molar-refractivity contribution in [3.05, 3.63) is 30.0 Å². The Kier molecular flexibility index (Phi) is 4.73. The van der Waals surface area contributed by atoms with Gasteiger partial charge in [-0.1, -0.05) is 18.9 Å². The number of aromatic nitrogens is 3. The fourth-order valence-electron chi connectivity index (χ4n) is 3.00. The molecule has 126 valence electrons. The van der Waals surface area contributed by atoms with E-state index in [1.807, 2.05) is 35.9 Å². The van der Waals surface area contributed by atoms with E-state index >= 15 is 0 Å². The van der Waals surface area contributed by atoms with E-state index in [0.717, 1.165) is 40.1 Å². The molecule has 1 aliphatic rings. The second kappa shape index (κ2) is 7.13. The minimum absolute atomic E-state index is 0.504. The summed E-state index contributed by atoms with van der Waals surface area (Å²) in [7, 11) is 0. The number of rotatable bonds is 7. The summed E-state index contributed by atoms with van der Waals surface area (Å²) in [5.41, 5.74) is 3.17. The van der Waals surface area contributed by atoms with Gasteiger partial charge in [0.2, 0.25) is 0 Å². The van der Waals surface area contributed by atoms with Crippen molar-refractivity contribution in [2.24, 2.45) is 0 Å². The third-order valence-corrected chi connectivity index (χ3v) is 6.21. The molecule has 0 bridgehead atoms. The molecule has 1 fully saturated rings. The smallest absolute Gasteiger partial charge is 0.139 e. The lowest BCUT2D eigenvalue weighted by Crippen LogP contribution is -2.45. The Hall–Kier alpha value is -1.57. The number of hydrogen-bond donors (Lipinski definition) is 3. The van der Waals surface area contributed by atoms with Crippen LogP contribution >= 0.6 is 23.3 Å². The number of thiazole rings is 1. The van der Waals surface area contributed by atoms with Crippen LogP contribution < -0.4 is 10.0 Å². The number of anilines is 1. The second-order valence-corrected chi connectivity index (χ2v) is 7.93. The number of nitrogens with one attached hydrogen (secondary N) is 3. The molecule has 1 aliphatic carbocycles. The van der Waals surface area contributed by atoms with Crippen molar-refractivity contribution in [1.82, 2.24) is 19.7 Å². The van der Waals surface area contributed by atoms with Crippen LogP contribution in [0.15, 0.2) is 30.0 Å². The molecule has 0 radical (unpaired) electrons. The molecule has 3 N–H and O–H groups in total. The standard InChI is InChI=1S/C17H21N5S2/c1-2-6-24-22-12-8-11(9-12)21-15-13-3-4-18-16(13)20-10-14(15)17-19-5-7-23-17/h3-5,7,10-12,22H,2,6,8-9H2,1H3,(H2,18,20,21)/t11-,12+. The van der Waals surface area contributed by atoms with Crippen molar-refractivity contribution >= 4 is 40.0 Å². The highest BCUT2D eigenvalue weighted by Crippen LogP contribution is 2.37.